The number of amides is 1. The van der Waals surface area contributed by atoms with Gasteiger partial charge in [-0.2, -0.15) is 9.19 Å². The molecule has 2 fully saturated rings. The van der Waals surface area contributed by atoms with Gasteiger partial charge in [-0.25, -0.2) is 22.0 Å². The van der Waals surface area contributed by atoms with E-state index in [1.807, 2.05) is 0 Å². The van der Waals surface area contributed by atoms with Crippen molar-refractivity contribution in [3.8, 4) is 0 Å². The number of ether oxygens (including phenoxy) is 1. The van der Waals surface area contributed by atoms with Crippen LogP contribution in [0.2, 0.25) is 0 Å². The van der Waals surface area contributed by atoms with Gasteiger partial charge in [-0.05, 0) is 58.2 Å². The summed E-state index contributed by atoms with van der Waals surface area (Å²) in [5.41, 5.74) is 0.999. The van der Waals surface area contributed by atoms with Crippen molar-refractivity contribution in [2.45, 2.75) is 82.1 Å². The molecule has 1 aliphatic carbocycles. The maximum Gasteiger partial charge on any atom is 0.407 e. The number of benzene rings is 1. The van der Waals surface area contributed by atoms with Gasteiger partial charge in [-0.1, -0.05) is 0 Å². The van der Waals surface area contributed by atoms with Gasteiger partial charge in [-0.3, -0.25) is 4.90 Å². The predicted molar refractivity (Wildman–Crippen MR) is 127 cm³/mol. The molecule has 0 radical (unpaired) electrons. The van der Waals surface area contributed by atoms with Crippen LogP contribution in [0, 0.1) is 11.6 Å². The minimum atomic E-state index is -3.42. The fourth-order valence-corrected chi connectivity index (χ4v) is 6.46. The first-order valence-electron chi connectivity index (χ1n) is 12.1. The van der Waals surface area contributed by atoms with Gasteiger partial charge in [0.2, 0.25) is 0 Å². The van der Waals surface area contributed by atoms with Crippen LogP contribution < -0.4 is 10.6 Å². The molecule has 1 aromatic heterocycles. The highest BCUT2D eigenvalue weighted by molar-refractivity contribution is 7.90. The van der Waals surface area contributed by atoms with Crippen LogP contribution in [0.5, 0.6) is 0 Å². The molecule has 0 spiro atoms. The van der Waals surface area contributed by atoms with Crippen LogP contribution in [0.3, 0.4) is 0 Å². The summed E-state index contributed by atoms with van der Waals surface area (Å²) in [6.07, 6.45) is 2.76. The number of nitrogens with one attached hydrogen (secondary N) is 2. The van der Waals surface area contributed by atoms with Crippen LogP contribution >= 0.6 is 0 Å². The van der Waals surface area contributed by atoms with E-state index in [0.717, 1.165) is 27.8 Å². The smallest absolute Gasteiger partial charge is 0.407 e. The molecule has 2 aliphatic heterocycles. The number of carbonyl (C=O) groups is 1. The Morgan fingerprint density at radius 3 is 2.64 bits per heavy atom. The molecule has 0 bridgehead atoms. The largest absolute Gasteiger partial charge is 0.444 e. The molecule has 1 aromatic carbocycles. The fourth-order valence-electron chi connectivity index (χ4n) is 4.94. The van der Waals surface area contributed by atoms with Gasteiger partial charge in [0.1, 0.15) is 17.2 Å². The first-order chi connectivity index (χ1) is 16.9. The Bertz CT molecular complexity index is 1250. The highest BCUT2D eigenvalue weighted by atomic mass is 32.2. The number of carbonyl (C=O) groups excluding carboxylic acids is 1. The van der Waals surface area contributed by atoms with Crippen molar-refractivity contribution in [2.24, 2.45) is 0 Å². The van der Waals surface area contributed by atoms with E-state index in [-0.39, 0.29) is 16.9 Å². The number of hydrogen-bond acceptors (Lipinski definition) is 7. The topological polar surface area (TPSA) is 106 Å². The van der Waals surface area contributed by atoms with Crippen LogP contribution in [0.1, 0.15) is 62.9 Å². The van der Waals surface area contributed by atoms with E-state index < -0.39 is 45.4 Å². The molecule has 5 rings (SSSR count). The van der Waals surface area contributed by atoms with E-state index in [9.17, 15) is 22.0 Å². The Labute approximate surface area is 209 Å². The van der Waals surface area contributed by atoms with Crippen molar-refractivity contribution in [3.63, 3.8) is 0 Å². The third-order valence-corrected chi connectivity index (χ3v) is 8.82. The van der Waals surface area contributed by atoms with Crippen molar-refractivity contribution in [1.82, 2.24) is 24.7 Å². The number of aromatic nitrogens is 2. The summed E-state index contributed by atoms with van der Waals surface area (Å²) in [6.45, 7) is 6.71. The van der Waals surface area contributed by atoms with Gasteiger partial charge in [0.05, 0.1) is 23.0 Å². The number of piperidine rings is 1. The third kappa shape index (κ3) is 5.12. The lowest BCUT2D eigenvalue weighted by Gasteiger charge is -2.41. The van der Waals surface area contributed by atoms with Crippen molar-refractivity contribution in [1.29, 1.82) is 0 Å². The van der Waals surface area contributed by atoms with Crippen LogP contribution in [0.4, 0.5) is 13.6 Å². The zero-order valence-electron chi connectivity index (χ0n) is 20.5. The van der Waals surface area contributed by atoms with Gasteiger partial charge in [-0.15, -0.1) is 0 Å². The average Bonchev–Trinajstić information content (AvgIpc) is 3.45. The molecule has 2 N–H and O–H groups in total. The van der Waals surface area contributed by atoms with E-state index in [1.165, 1.54) is 0 Å². The molecule has 196 valence electrons. The summed E-state index contributed by atoms with van der Waals surface area (Å²) >= 11 is 0. The molecular weight excluding hydrogens is 492 g/mol. The first-order valence-corrected chi connectivity index (χ1v) is 13.6. The number of alkyl carbamates (subject to hydrolysis) is 1. The SMILES string of the molecule is CC(C)(C)OC(=O)N[C@H]1C[C@@H](N2Cc3cn(S(=O)(=O)C4CC4)nc3C2)CN[C@@H]1c1cc(F)ccc1F. The van der Waals surface area contributed by atoms with E-state index in [0.29, 0.717) is 44.6 Å². The lowest BCUT2D eigenvalue weighted by molar-refractivity contribution is 0.0445. The normalized spacial score (nSPS) is 25.0. The predicted octanol–water partition coefficient (Wildman–Crippen LogP) is 2.81. The quantitative estimate of drug-likeness (QED) is 0.621. The molecule has 0 unspecified atom stereocenters. The molecule has 1 saturated heterocycles. The molecular formula is C24H31F2N5O4S. The molecule has 2 aromatic rings. The maximum atomic E-state index is 14.6. The van der Waals surface area contributed by atoms with Gasteiger partial charge in [0.15, 0.2) is 0 Å². The van der Waals surface area contributed by atoms with Crippen LogP contribution in [-0.2, 0) is 27.8 Å². The lowest BCUT2D eigenvalue weighted by atomic mass is 9.89. The highest BCUT2D eigenvalue weighted by Crippen LogP contribution is 2.34. The minimum Gasteiger partial charge on any atom is -0.444 e. The summed E-state index contributed by atoms with van der Waals surface area (Å²) in [5, 5.41) is 10.1. The zero-order chi connectivity index (χ0) is 25.8. The summed E-state index contributed by atoms with van der Waals surface area (Å²) in [6, 6.07) is 2.01. The Kier molecular flexibility index (Phi) is 6.32. The van der Waals surface area contributed by atoms with Crippen molar-refractivity contribution in [2.75, 3.05) is 6.54 Å². The van der Waals surface area contributed by atoms with Gasteiger partial charge >= 0.3 is 6.09 Å². The second-order valence-electron chi connectivity index (χ2n) is 10.8. The van der Waals surface area contributed by atoms with Gasteiger partial charge < -0.3 is 15.4 Å². The van der Waals surface area contributed by atoms with Crippen LogP contribution in [-0.4, -0.2) is 58.1 Å². The molecule has 3 heterocycles. The summed E-state index contributed by atoms with van der Waals surface area (Å²) in [5.74, 6) is -1.12. The van der Waals surface area contributed by atoms with Crippen molar-refractivity contribution < 1.29 is 26.7 Å². The Morgan fingerprint density at radius 1 is 1.22 bits per heavy atom. The number of fused-ring (bicyclic) bond motifs is 1. The summed E-state index contributed by atoms with van der Waals surface area (Å²) in [7, 11) is -3.42. The Morgan fingerprint density at radius 2 is 1.97 bits per heavy atom. The number of nitrogens with zero attached hydrogens (tertiary/aromatic N) is 3. The molecule has 36 heavy (non-hydrogen) atoms. The number of rotatable bonds is 5. The molecule has 3 aliphatic rings. The molecule has 1 saturated carbocycles. The van der Waals surface area contributed by atoms with Crippen molar-refractivity contribution >= 4 is 16.1 Å². The van der Waals surface area contributed by atoms with E-state index in [4.69, 9.17) is 4.74 Å². The fraction of sp³-hybridized carbons (Fsp3) is 0.583. The first kappa shape index (κ1) is 25.1. The van der Waals surface area contributed by atoms with Gasteiger partial charge in [0.25, 0.3) is 10.0 Å². The van der Waals surface area contributed by atoms with Crippen LogP contribution in [0.15, 0.2) is 24.4 Å². The number of hydrogen-bond donors (Lipinski definition) is 2. The number of halogens is 2. The average molecular weight is 524 g/mol. The molecule has 12 heteroatoms. The molecule has 9 nitrogen and oxygen atoms in total. The zero-order valence-corrected chi connectivity index (χ0v) is 21.3. The standard InChI is InChI=1S/C24H31F2N5O4S/c1-24(2,3)35-23(32)28-20-9-16(10-27-22(20)18-8-15(25)4-7-19(18)26)30-11-14-12-31(29-21(14)13-30)36(33,34)17-5-6-17/h4,7-8,12,16-17,20,22,27H,5-6,9-11,13H2,1-3H3,(H,28,32)/t16-,20+,22-/m1/s1. The van der Waals surface area contributed by atoms with Crippen molar-refractivity contribution in [3.05, 3.63) is 52.9 Å². The minimum absolute atomic E-state index is 0.0551. The summed E-state index contributed by atoms with van der Waals surface area (Å²) < 4.78 is 60.2. The second kappa shape index (κ2) is 9.07. The lowest BCUT2D eigenvalue weighted by Crippen LogP contribution is -2.57. The molecule has 3 atom stereocenters. The maximum absolute atomic E-state index is 14.6. The van der Waals surface area contributed by atoms with E-state index >= 15 is 0 Å². The second-order valence-corrected chi connectivity index (χ2v) is 12.9. The summed E-state index contributed by atoms with van der Waals surface area (Å²) in [4.78, 5) is 14.8. The van der Waals surface area contributed by atoms with E-state index in [1.54, 1.807) is 27.0 Å². The highest BCUT2D eigenvalue weighted by Gasteiger charge is 2.41. The van der Waals surface area contributed by atoms with Crippen LogP contribution in [0.25, 0.3) is 0 Å². The Balaban J connectivity index is 1.32. The Hall–Kier alpha value is -2.57. The van der Waals surface area contributed by atoms with Gasteiger partial charge in [0, 0.05) is 43.0 Å². The monoisotopic (exact) mass is 523 g/mol. The van der Waals surface area contributed by atoms with E-state index in [2.05, 4.69) is 20.6 Å². The third-order valence-electron chi connectivity index (χ3n) is 6.80. The molecule has 1 amide bonds.